The highest BCUT2D eigenvalue weighted by Gasteiger charge is 2.16. The van der Waals surface area contributed by atoms with Gasteiger partial charge in [-0.05, 0) is 17.7 Å². The van der Waals surface area contributed by atoms with Crippen molar-refractivity contribution in [2.75, 3.05) is 14.2 Å². The molecule has 2 aromatic carbocycles. The standard InChI is InChI=1S/C17H14O6/c1-21-10-6-14(22-2)16-15(7-10)23-8-11(17(16)20)9-3-4-12(18)13(19)5-9/h3-8,18-19H,1-2H3. The molecule has 0 atom stereocenters. The van der Waals surface area contributed by atoms with E-state index in [1.807, 2.05) is 0 Å². The lowest BCUT2D eigenvalue weighted by Crippen LogP contribution is -2.06. The highest BCUT2D eigenvalue weighted by Crippen LogP contribution is 2.33. The summed E-state index contributed by atoms with van der Waals surface area (Å²) in [7, 11) is 2.96. The lowest BCUT2D eigenvalue weighted by molar-refractivity contribution is 0.396. The molecule has 0 spiro atoms. The van der Waals surface area contributed by atoms with Crippen molar-refractivity contribution in [1.29, 1.82) is 0 Å². The van der Waals surface area contributed by atoms with Crippen molar-refractivity contribution < 1.29 is 24.1 Å². The largest absolute Gasteiger partial charge is 0.504 e. The molecule has 0 saturated carbocycles. The summed E-state index contributed by atoms with van der Waals surface area (Å²) in [5.41, 5.74) is 0.693. The Kier molecular flexibility index (Phi) is 3.57. The fourth-order valence-corrected chi connectivity index (χ4v) is 2.36. The van der Waals surface area contributed by atoms with Crippen LogP contribution in [0.4, 0.5) is 0 Å². The van der Waals surface area contributed by atoms with E-state index < -0.39 is 0 Å². The van der Waals surface area contributed by atoms with Crippen LogP contribution in [0.25, 0.3) is 22.1 Å². The summed E-state index contributed by atoms with van der Waals surface area (Å²) in [6, 6.07) is 7.31. The predicted octanol–water partition coefficient (Wildman–Crippen LogP) is 2.89. The highest BCUT2D eigenvalue weighted by atomic mass is 16.5. The van der Waals surface area contributed by atoms with Crippen molar-refractivity contribution in [3.63, 3.8) is 0 Å². The van der Waals surface area contributed by atoms with Crippen LogP contribution in [0.2, 0.25) is 0 Å². The van der Waals surface area contributed by atoms with Gasteiger partial charge in [-0.25, -0.2) is 0 Å². The number of phenols is 2. The van der Waals surface area contributed by atoms with Crippen LogP contribution in [0, 0.1) is 0 Å². The fraction of sp³-hybridized carbons (Fsp3) is 0.118. The summed E-state index contributed by atoms with van der Waals surface area (Å²) in [5.74, 6) is 0.260. The first-order valence-electron chi connectivity index (χ1n) is 6.75. The average Bonchev–Trinajstić information content (AvgIpc) is 2.56. The first kappa shape index (κ1) is 14.8. The molecule has 6 nitrogen and oxygen atoms in total. The number of hydrogen-bond donors (Lipinski definition) is 2. The minimum absolute atomic E-state index is 0.247. The summed E-state index contributed by atoms with van der Waals surface area (Å²) in [6.45, 7) is 0. The van der Waals surface area contributed by atoms with Crippen LogP contribution in [0.15, 0.2) is 45.8 Å². The quantitative estimate of drug-likeness (QED) is 0.723. The molecule has 0 unspecified atom stereocenters. The molecular formula is C17H14O6. The number of aromatic hydroxyl groups is 2. The lowest BCUT2D eigenvalue weighted by Gasteiger charge is -2.09. The van der Waals surface area contributed by atoms with Crippen LogP contribution >= 0.6 is 0 Å². The monoisotopic (exact) mass is 314 g/mol. The molecule has 3 aromatic rings. The summed E-state index contributed by atoms with van der Waals surface area (Å²) in [6.07, 6.45) is 1.30. The summed E-state index contributed by atoms with van der Waals surface area (Å²) in [4.78, 5) is 12.8. The molecule has 0 saturated heterocycles. The number of rotatable bonds is 3. The fourth-order valence-electron chi connectivity index (χ4n) is 2.36. The van der Waals surface area contributed by atoms with Gasteiger partial charge in [0.25, 0.3) is 0 Å². The van der Waals surface area contributed by atoms with Crippen LogP contribution < -0.4 is 14.9 Å². The third-order valence-corrected chi connectivity index (χ3v) is 3.56. The zero-order chi connectivity index (χ0) is 16.6. The minimum atomic E-state index is -0.316. The van der Waals surface area contributed by atoms with Gasteiger partial charge < -0.3 is 24.1 Å². The zero-order valence-electron chi connectivity index (χ0n) is 12.5. The van der Waals surface area contributed by atoms with E-state index in [-0.39, 0.29) is 27.9 Å². The van der Waals surface area contributed by atoms with Crippen molar-refractivity contribution >= 4 is 11.0 Å². The Bertz CT molecular complexity index is 942. The van der Waals surface area contributed by atoms with E-state index in [1.54, 1.807) is 12.1 Å². The van der Waals surface area contributed by atoms with Crippen molar-refractivity contribution in [2.45, 2.75) is 0 Å². The van der Waals surface area contributed by atoms with E-state index in [1.165, 1.54) is 38.7 Å². The summed E-state index contributed by atoms with van der Waals surface area (Å²) >= 11 is 0. The predicted molar refractivity (Wildman–Crippen MR) is 84.4 cm³/mol. The second kappa shape index (κ2) is 5.57. The first-order valence-corrected chi connectivity index (χ1v) is 6.75. The van der Waals surface area contributed by atoms with Gasteiger partial charge in [0.15, 0.2) is 11.5 Å². The van der Waals surface area contributed by atoms with Gasteiger partial charge in [0.05, 0.1) is 19.8 Å². The molecule has 23 heavy (non-hydrogen) atoms. The van der Waals surface area contributed by atoms with E-state index >= 15 is 0 Å². The topological polar surface area (TPSA) is 89.1 Å². The molecule has 6 heteroatoms. The lowest BCUT2D eigenvalue weighted by atomic mass is 10.0. The molecule has 0 aliphatic heterocycles. The number of phenolic OH excluding ortho intramolecular Hbond substituents is 2. The maximum Gasteiger partial charge on any atom is 0.204 e. The number of hydrogen-bond acceptors (Lipinski definition) is 6. The average molecular weight is 314 g/mol. The third kappa shape index (κ3) is 2.44. The molecule has 0 bridgehead atoms. The molecule has 1 aromatic heterocycles. The molecule has 0 radical (unpaired) electrons. The van der Waals surface area contributed by atoms with E-state index in [0.717, 1.165) is 0 Å². The molecule has 3 rings (SSSR count). The van der Waals surface area contributed by atoms with Crippen molar-refractivity contribution in [2.24, 2.45) is 0 Å². The second-order valence-corrected chi connectivity index (χ2v) is 4.88. The van der Waals surface area contributed by atoms with Crippen LogP contribution in [0.1, 0.15) is 0 Å². The zero-order valence-corrected chi connectivity index (χ0v) is 12.5. The van der Waals surface area contributed by atoms with Gasteiger partial charge in [0.2, 0.25) is 5.43 Å². The van der Waals surface area contributed by atoms with E-state index in [0.29, 0.717) is 22.6 Å². The van der Waals surface area contributed by atoms with Crippen LogP contribution in [0.5, 0.6) is 23.0 Å². The van der Waals surface area contributed by atoms with Crippen LogP contribution in [-0.4, -0.2) is 24.4 Å². The maximum atomic E-state index is 12.8. The Morgan fingerprint density at radius 2 is 1.78 bits per heavy atom. The molecule has 1 heterocycles. The van der Waals surface area contributed by atoms with Gasteiger partial charge in [-0.3, -0.25) is 4.79 Å². The highest BCUT2D eigenvalue weighted by molar-refractivity contribution is 5.88. The van der Waals surface area contributed by atoms with Crippen molar-refractivity contribution in [3.8, 4) is 34.1 Å². The first-order chi connectivity index (χ1) is 11.0. The molecule has 0 fully saturated rings. The van der Waals surface area contributed by atoms with Gasteiger partial charge in [-0.2, -0.15) is 0 Å². The summed E-state index contributed by atoms with van der Waals surface area (Å²) < 4.78 is 15.9. The summed E-state index contributed by atoms with van der Waals surface area (Å²) in [5, 5.41) is 19.3. The normalized spacial score (nSPS) is 10.7. The Morgan fingerprint density at radius 1 is 1.00 bits per heavy atom. The number of fused-ring (bicyclic) bond motifs is 1. The Balaban J connectivity index is 2.30. The van der Waals surface area contributed by atoms with Gasteiger partial charge >= 0.3 is 0 Å². The molecule has 2 N–H and O–H groups in total. The van der Waals surface area contributed by atoms with E-state index in [2.05, 4.69) is 0 Å². The number of methoxy groups -OCH3 is 2. The molecular weight excluding hydrogens is 300 g/mol. The van der Waals surface area contributed by atoms with Gasteiger partial charge in [0.1, 0.15) is 28.7 Å². The number of ether oxygens (including phenoxy) is 2. The van der Waals surface area contributed by atoms with Crippen LogP contribution in [-0.2, 0) is 0 Å². The second-order valence-electron chi connectivity index (χ2n) is 4.88. The van der Waals surface area contributed by atoms with Gasteiger partial charge in [0, 0.05) is 12.1 Å². The van der Waals surface area contributed by atoms with E-state index in [9.17, 15) is 15.0 Å². The molecule has 0 aliphatic carbocycles. The van der Waals surface area contributed by atoms with Crippen molar-refractivity contribution in [3.05, 3.63) is 46.8 Å². The Morgan fingerprint density at radius 3 is 2.43 bits per heavy atom. The SMILES string of the molecule is COc1cc(OC)c2c(=O)c(-c3ccc(O)c(O)c3)coc2c1. The van der Waals surface area contributed by atoms with Gasteiger partial charge in [-0.1, -0.05) is 6.07 Å². The smallest absolute Gasteiger partial charge is 0.204 e. The number of benzene rings is 2. The molecule has 118 valence electrons. The van der Waals surface area contributed by atoms with Crippen LogP contribution in [0.3, 0.4) is 0 Å². The van der Waals surface area contributed by atoms with Gasteiger partial charge in [-0.15, -0.1) is 0 Å². The Hall–Kier alpha value is -3.15. The minimum Gasteiger partial charge on any atom is -0.504 e. The Labute approximate surface area is 131 Å². The molecule has 0 aliphatic rings. The third-order valence-electron chi connectivity index (χ3n) is 3.56. The van der Waals surface area contributed by atoms with E-state index in [4.69, 9.17) is 13.9 Å². The van der Waals surface area contributed by atoms with Crippen molar-refractivity contribution in [1.82, 2.24) is 0 Å². The molecule has 0 amide bonds. The maximum absolute atomic E-state index is 12.8.